The van der Waals surface area contributed by atoms with E-state index in [9.17, 15) is 9.18 Å². The molecule has 3 nitrogen and oxygen atoms in total. The van der Waals surface area contributed by atoms with Gasteiger partial charge in [-0.05, 0) is 29.8 Å². The number of ether oxygens (including phenoxy) is 2. The zero-order chi connectivity index (χ0) is 14.5. The summed E-state index contributed by atoms with van der Waals surface area (Å²) < 4.78 is 24.0. The molecule has 0 aromatic heterocycles. The molecule has 0 saturated carbocycles. The highest BCUT2D eigenvalue weighted by molar-refractivity contribution is 5.98. The van der Waals surface area contributed by atoms with Gasteiger partial charge < -0.3 is 9.47 Å². The van der Waals surface area contributed by atoms with Crippen molar-refractivity contribution in [3.8, 4) is 11.5 Å². The van der Waals surface area contributed by atoms with E-state index in [4.69, 9.17) is 9.47 Å². The van der Waals surface area contributed by atoms with Gasteiger partial charge >= 0.3 is 0 Å². The number of hydrogen-bond acceptors (Lipinski definition) is 3. The molecule has 0 unspecified atom stereocenters. The predicted octanol–water partition coefficient (Wildman–Crippen LogP) is 3.27. The maximum absolute atomic E-state index is 14.0. The van der Waals surface area contributed by atoms with Crippen LogP contribution in [0.1, 0.15) is 15.9 Å². The number of rotatable bonds is 5. The number of benzene rings is 2. The van der Waals surface area contributed by atoms with Crippen LogP contribution in [0, 0.1) is 5.82 Å². The summed E-state index contributed by atoms with van der Waals surface area (Å²) in [5, 5.41) is 0. The van der Waals surface area contributed by atoms with Gasteiger partial charge in [0.05, 0.1) is 19.8 Å². The standard InChI is InChI=1S/C16H15FO3/c1-19-12-6-3-5-11(9-12)10-14(18)13-7-4-8-15(20-2)16(13)17/h3-9H,10H2,1-2H3. The maximum atomic E-state index is 14.0. The Morgan fingerprint density at radius 3 is 2.55 bits per heavy atom. The van der Waals surface area contributed by atoms with Gasteiger partial charge in [0.2, 0.25) is 0 Å². The summed E-state index contributed by atoms with van der Waals surface area (Å²) in [6, 6.07) is 11.7. The van der Waals surface area contributed by atoms with Crippen LogP contribution < -0.4 is 9.47 Å². The van der Waals surface area contributed by atoms with Crippen LogP contribution >= 0.6 is 0 Å². The Hall–Kier alpha value is -2.36. The molecular weight excluding hydrogens is 259 g/mol. The topological polar surface area (TPSA) is 35.5 Å². The van der Waals surface area contributed by atoms with Crippen LogP contribution in [-0.4, -0.2) is 20.0 Å². The second-order valence-electron chi connectivity index (χ2n) is 4.27. The monoisotopic (exact) mass is 274 g/mol. The molecule has 2 rings (SSSR count). The van der Waals surface area contributed by atoms with Crippen molar-refractivity contribution in [1.82, 2.24) is 0 Å². The van der Waals surface area contributed by atoms with Gasteiger partial charge in [0.1, 0.15) is 5.75 Å². The molecule has 2 aromatic carbocycles. The molecular formula is C16H15FO3. The molecule has 20 heavy (non-hydrogen) atoms. The smallest absolute Gasteiger partial charge is 0.175 e. The Morgan fingerprint density at radius 2 is 1.85 bits per heavy atom. The zero-order valence-electron chi connectivity index (χ0n) is 11.4. The van der Waals surface area contributed by atoms with Crippen molar-refractivity contribution in [3.63, 3.8) is 0 Å². The van der Waals surface area contributed by atoms with E-state index < -0.39 is 5.82 Å². The number of hydrogen-bond donors (Lipinski definition) is 0. The first kappa shape index (κ1) is 14.1. The molecule has 0 aliphatic rings. The highest BCUT2D eigenvalue weighted by Crippen LogP contribution is 2.22. The van der Waals surface area contributed by atoms with Crippen LogP contribution in [-0.2, 0) is 6.42 Å². The van der Waals surface area contributed by atoms with E-state index in [-0.39, 0.29) is 23.5 Å². The molecule has 2 aromatic rings. The van der Waals surface area contributed by atoms with E-state index in [1.807, 2.05) is 0 Å². The van der Waals surface area contributed by atoms with Gasteiger partial charge in [-0.15, -0.1) is 0 Å². The average molecular weight is 274 g/mol. The number of halogens is 1. The van der Waals surface area contributed by atoms with Crippen LogP contribution in [0.5, 0.6) is 11.5 Å². The fourth-order valence-corrected chi connectivity index (χ4v) is 1.95. The Balaban J connectivity index is 2.24. The maximum Gasteiger partial charge on any atom is 0.175 e. The van der Waals surface area contributed by atoms with Crippen molar-refractivity contribution in [3.05, 3.63) is 59.4 Å². The van der Waals surface area contributed by atoms with Crippen LogP contribution in [0.3, 0.4) is 0 Å². The molecule has 0 aliphatic heterocycles. The lowest BCUT2D eigenvalue weighted by Gasteiger charge is -2.07. The normalized spacial score (nSPS) is 10.2. The van der Waals surface area contributed by atoms with Gasteiger partial charge in [-0.3, -0.25) is 4.79 Å². The molecule has 104 valence electrons. The van der Waals surface area contributed by atoms with E-state index in [0.29, 0.717) is 5.75 Å². The number of carbonyl (C=O) groups excluding carboxylic acids is 1. The average Bonchev–Trinajstić information content (AvgIpc) is 2.47. The van der Waals surface area contributed by atoms with Gasteiger partial charge in [-0.2, -0.15) is 0 Å². The molecule has 0 spiro atoms. The second kappa shape index (κ2) is 6.19. The molecule has 0 fully saturated rings. The molecule has 0 bridgehead atoms. The first-order valence-electron chi connectivity index (χ1n) is 6.14. The largest absolute Gasteiger partial charge is 0.497 e. The van der Waals surface area contributed by atoms with Crippen molar-refractivity contribution < 1.29 is 18.7 Å². The van der Waals surface area contributed by atoms with Crippen LogP contribution in [0.25, 0.3) is 0 Å². The molecule has 0 saturated heterocycles. The third kappa shape index (κ3) is 2.96. The molecule has 0 atom stereocenters. The Bertz CT molecular complexity index is 623. The number of ketones is 1. The number of Topliss-reactive ketones (excluding diaryl/α,β-unsaturated/α-hetero) is 1. The van der Waals surface area contributed by atoms with Crippen LogP contribution in [0.15, 0.2) is 42.5 Å². The molecule has 0 amide bonds. The van der Waals surface area contributed by atoms with E-state index in [1.54, 1.807) is 37.4 Å². The zero-order valence-corrected chi connectivity index (χ0v) is 11.4. The van der Waals surface area contributed by atoms with Crippen molar-refractivity contribution in [2.45, 2.75) is 6.42 Å². The van der Waals surface area contributed by atoms with Gasteiger partial charge in [0, 0.05) is 6.42 Å². The first-order chi connectivity index (χ1) is 9.65. The summed E-state index contributed by atoms with van der Waals surface area (Å²) in [5.41, 5.74) is 0.809. The van der Waals surface area contributed by atoms with Crippen molar-refractivity contribution in [2.75, 3.05) is 14.2 Å². The first-order valence-corrected chi connectivity index (χ1v) is 6.14. The predicted molar refractivity (Wildman–Crippen MR) is 74.0 cm³/mol. The third-order valence-corrected chi connectivity index (χ3v) is 2.98. The number of carbonyl (C=O) groups is 1. The lowest BCUT2D eigenvalue weighted by atomic mass is 10.0. The highest BCUT2D eigenvalue weighted by atomic mass is 19.1. The van der Waals surface area contributed by atoms with Crippen molar-refractivity contribution in [2.24, 2.45) is 0 Å². The third-order valence-electron chi connectivity index (χ3n) is 2.98. The summed E-state index contributed by atoms with van der Waals surface area (Å²) in [7, 11) is 2.93. The van der Waals surface area contributed by atoms with E-state index in [2.05, 4.69) is 0 Å². The fourth-order valence-electron chi connectivity index (χ4n) is 1.95. The second-order valence-corrected chi connectivity index (χ2v) is 4.27. The van der Waals surface area contributed by atoms with Gasteiger partial charge in [0.25, 0.3) is 0 Å². The van der Waals surface area contributed by atoms with E-state index in [0.717, 1.165) is 5.56 Å². The Kier molecular flexibility index (Phi) is 4.35. The quantitative estimate of drug-likeness (QED) is 0.785. The summed E-state index contributed by atoms with van der Waals surface area (Å²) >= 11 is 0. The fraction of sp³-hybridized carbons (Fsp3) is 0.188. The van der Waals surface area contributed by atoms with Gasteiger partial charge in [-0.1, -0.05) is 18.2 Å². The van der Waals surface area contributed by atoms with Gasteiger partial charge in [0.15, 0.2) is 17.3 Å². The number of methoxy groups -OCH3 is 2. The lowest BCUT2D eigenvalue weighted by molar-refractivity contribution is 0.0988. The summed E-state index contributed by atoms with van der Waals surface area (Å²) in [6.07, 6.45) is 0.112. The van der Waals surface area contributed by atoms with E-state index >= 15 is 0 Å². The minimum Gasteiger partial charge on any atom is -0.497 e. The minimum absolute atomic E-state index is 0.0344. The minimum atomic E-state index is -0.622. The SMILES string of the molecule is COc1cccc(CC(=O)c2cccc(OC)c2F)c1. The van der Waals surface area contributed by atoms with Crippen molar-refractivity contribution >= 4 is 5.78 Å². The Labute approximate surface area is 117 Å². The van der Waals surface area contributed by atoms with Gasteiger partial charge in [-0.25, -0.2) is 4.39 Å². The molecule has 4 heteroatoms. The van der Waals surface area contributed by atoms with Crippen molar-refractivity contribution in [1.29, 1.82) is 0 Å². The van der Waals surface area contributed by atoms with E-state index in [1.165, 1.54) is 19.2 Å². The van der Waals surface area contributed by atoms with Crippen LogP contribution in [0.4, 0.5) is 4.39 Å². The summed E-state index contributed by atoms with van der Waals surface area (Å²) in [6.45, 7) is 0. The lowest BCUT2D eigenvalue weighted by Crippen LogP contribution is -2.07. The molecule has 0 heterocycles. The summed E-state index contributed by atoms with van der Waals surface area (Å²) in [5.74, 6) is -0.180. The molecule has 0 radical (unpaired) electrons. The highest BCUT2D eigenvalue weighted by Gasteiger charge is 2.15. The molecule has 0 N–H and O–H groups in total. The summed E-state index contributed by atoms with van der Waals surface area (Å²) in [4.78, 5) is 12.2. The Morgan fingerprint density at radius 1 is 1.10 bits per heavy atom. The van der Waals surface area contributed by atoms with Crippen LogP contribution in [0.2, 0.25) is 0 Å². The molecule has 0 aliphatic carbocycles.